The van der Waals surface area contributed by atoms with E-state index in [0.29, 0.717) is 31.1 Å². The Kier molecular flexibility index (Phi) is 6.61. The Balaban J connectivity index is 1.92. The highest BCUT2D eigenvalue weighted by atomic mass is 16.5. The van der Waals surface area contributed by atoms with Crippen LogP contribution in [0.25, 0.3) is 0 Å². The lowest BCUT2D eigenvalue weighted by molar-refractivity contribution is -0.899. The SMILES string of the molecule is CCOC(=O)[C@@H]1CCC[NH+](CC(=O)Nc2cc(C)ccc2OC)C1. The van der Waals surface area contributed by atoms with E-state index < -0.39 is 0 Å². The van der Waals surface area contributed by atoms with Crippen molar-refractivity contribution in [2.45, 2.75) is 26.7 Å². The Bertz CT molecular complexity index is 588. The molecule has 0 spiro atoms. The van der Waals surface area contributed by atoms with Crippen LogP contribution in [0.3, 0.4) is 0 Å². The minimum Gasteiger partial charge on any atom is -0.495 e. The monoisotopic (exact) mass is 335 g/mol. The van der Waals surface area contributed by atoms with Crippen molar-refractivity contribution in [2.24, 2.45) is 5.92 Å². The Hall–Kier alpha value is -2.08. The first-order chi connectivity index (χ1) is 11.5. The lowest BCUT2D eigenvalue weighted by atomic mass is 9.98. The highest BCUT2D eigenvalue weighted by molar-refractivity contribution is 5.93. The molecule has 6 heteroatoms. The topological polar surface area (TPSA) is 69.1 Å². The third kappa shape index (κ3) is 4.96. The van der Waals surface area contributed by atoms with Crippen LogP contribution in [0.4, 0.5) is 5.69 Å². The Morgan fingerprint density at radius 3 is 2.88 bits per heavy atom. The zero-order valence-corrected chi connectivity index (χ0v) is 14.7. The first-order valence-corrected chi connectivity index (χ1v) is 8.48. The van der Waals surface area contributed by atoms with Crippen LogP contribution in [-0.2, 0) is 14.3 Å². The Morgan fingerprint density at radius 1 is 1.38 bits per heavy atom. The second-order valence-electron chi connectivity index (χ2n) is 6.22. The predicted molar refractivity (Wildman–Crippen MR) is 91.3 cm³/mol. The first kappa shape index (κ1) is 18.3. The van der Waals surface area contributed by atoms with Crippen LogP contribution in [0, 0.1) is 12.8 Å². The van der Waals surface area contributed by atoms with E-state index in [0.717, 1.165) is 29.8 Å². The van der Waals surface area contributed by atoms with Gasteiger partial charge >= 0.3 is 5.97 Å². The van der Waals surface area contributed by atoms with Gasteiger partial charge in [0.15, 0.2) is 6.54 Å². The van der Waals surface area contributed by atoms with E-state index >= 15 is 0 Å². The van der Waals surface area contributed by atoms with Crippen molar-refractivity contribution in [3.63, 3.8) is 0 Å². The maximum atomic E-state index is 12.4. The fourth-order valence-corrected chi connectivity index (χ4v) is 3.11. The molecule has 1 amide bonds. The van der Waals surface area contributed by atoms with Crippen LogP contribution in [0.1, 0.15) is 25.3 Å². The number of piperidine rings is 1. The molecule has 0 aromatic heterocycles. The summed E-state index contributed by atoms with van der Waals surface area (Å²) in [4.78, 5) is 25.4. The maximum absolute atomic E-state index is 12.4. The molecule has 1 unspecified atom stereocenters. The van der Waals surface area contributed by atoms with Gasteiger partial charge in [0.1, 0.15) is 11.7 Å². The Labute approximate surface area is 143 Å². The number of anilines is 1. The average Bonchev–Trinajstić information content (AvgIpc) is 2.55. The van der Waals surface area contributed by atoms with Gasteiger partial charge in [-0.1, -0.05) is 6.07 Å². The van der Waals surface area contributed by atoms with Gasteiger partial charge in [-0.15, -0.1) is 0 Å². The molecule has 2 N–H and O–H groups in total. The van der Waals surface area contributed by atoms with Gasteiger partial charge in [0, 0.05) is 0 Å². The lowest BCUT2D eigenvalue weighted by Gasteiger charge is -2.28. The molecule has 1 aromatic carbocycles. The number of carbonyl (C=O) groups excluding carboxylic acids is 2. The van der Waals surface area contributed by atoms with E-state index in [2.05, 4.69) is 5.32 Å². The number of benzene rings is 1. The van der Waals surface area contributed by atoms with Crippen LogP contribution in [-0.4, -0.2) is 45.2 Å². The fraction of sp³-hybridized carbons (Fsp3) is 0.556. The minimum atomic E-state index is -0.143. The summed E-state index contributed by atoms with van der Waals surface area (Å²) in [6, 6.07) is 5.67. The molecule has 0 saturated carbocycles. The molecular weight excluding hydrogens is 308 g/mol. The highest BCUT2D eigenvalue weighted by Gasteiger charge is 2.30. The molecule has 1 aliphatic heterocycles. The number of hydrogen-bond donors (Lipinski definition) is 2. The average molecular weight is 335 g/mol. The lowest BCUT2D eigenvalue weighted by Crippen LogP contribution is -3.14. The van der Waals surface area contributed by atoms with Gasteiger partial charge in [0.2, 0.25) is 0 Å². The van der Waals surface area contributed by atoms with Gasteiger partial charge in [-0.25, -0.2) is 0 Å². The number of likely N-dealkylation sites (tertiary alicyclic amines) is 1. The van der Waals surface area contributed by atoms with E-state index in [1.807, 2.05) is 32.0 Å². The molecule has 1 fully saturated rings. The van der Waals surface area contributed by atoms with Gasteiger partial charge in [-0.3, -0.25) is 9.59 Å². The molecule has 24 heavy (non-hydrogen) atoms. The molecular formula is C18H27N2O4+. The van der Waals surface area contributed by atoms with Gasteiger partial charge in [0.05, 0.1) is 32.5 Å². The van der Waals surface area contributed by atoms with Gasteiger partial charge in [0.25, 0.3) is 5.91 Å². The number of aryl methyl sites for hydroxylation is 1. The smallest absolute Gasteiger partial charge is 0.314 e. The molecule has 2 atom stereocenters. The quantitative estimate of drug-likeness (QED) is 0.755. The van der Waals surface area contributed by atoms with Crippen molar-refractivity contribution in [1.82, 2.24) is 0 Å². The first-order valence-electron chi connectivity index (χ1n) is 8.48. The largest absolute Gasteiger partial charge is 0.495 e. The van der Waals surface area contributed by atoms with Crippen molar-refractivity contribution in [2.75, 3.05) is 38.7 Å². The standard InChI is InChI=1S/C18H26N2O4/c1-4-24-18(22)14-6-5-9-20(11-14)12-17(21)19-15-10-13(2)7-8-16(15)23-3/h7-8,10,14H,4-6,9,11-12H2,1-3H3,(H,19,21)/p+1/t14-/m1/s1. The predicted octanol–water partition coefficient (Wildman–Crippen LogP) is 0.800. The second-order valence-corrected chi connectivity index (χ2v) is 6.22. The maximum Gasteiger partial charge on any atom is 0.314 e. The van der Waals surface area contributed by atoms with Crippen molar-refractivity contribution >= 4 is 17.6 Å². The highest BCUT2D eigenvalue weighted by Crippen LogP contribution is 2.24. The number of nitrogens with one attached hydrogen (secondary N) is 2. The minimum absolute atomic E-state index is 0.0709. The molecule has 1 heterocycles. The molecule has 1 saturated heterocycles. The zero-order chi connectivity index (χ0) is 17.5. The van der Waals surface area contributed by atoms with Crippen molar-refractivity contribution in [3.8, 4) is 5.75 Å². The van der Waals surface area contributed by atoms with Crippen LogP contribution in [0.15, 0.2) is 18.2 Å². The summed E-state index contributed by atoms with van der Waals surface area (Å²) in [5.41, 5.74) is 1.74. The van der Waals surface area contributed by atoms with Crippen molar-refractivity contribution < 1.29 is 24.0 Å². The van der Waals surface area contributed by atoms with Gasteiger partial charge in [-0.2, -0.15) is 0 Å². The van der Waals surface area contributed by atoms with E-state index in [1.54, 1.807) is 7.11 Å². The van der Waals surface area contributed by atoms with Crippen LogP contribution in [0.2, 0.25) is 0 Å². The van der Waals surface area contributed by atoms with Crippen LogP contribution >= 0.6 is 0 Å². The van der Waals surface area contributed by atoms with Crippen molar-refractivity contribution in [1.29, 1.82) is 0 Å². The summed E-state index contributed by atoms with van der Waals surface area (Å²) in [6.45, 7) is 6.07. The molecule has 1 aliphatic rings. The third-order valence-corrected chi connectivity index (χ3v) is 4.28. The van der Waals surface area contributed by atoms with Crippen LogP contribution < -0.4 is 15.0 Å². The number of carbonyl (C=O) groups is 2. The molecule has 1 aromatic rings. The summed E-state index contributed by atoms with van der Waals surface area (Å²) in [5, 5.41) is 2.92. The summed E-state index contributed by atoms with van der Waals surface area (Å²) >= 11 is 0. The van der Waals surface area contributed by atoms with E-state index in [9.17, 15) is 9.59 Å². The molecule has 6 nitrogen and oxygen atoms in total. The number of hydrogen-bond acceptors (Lipinski definition) is 4. The summed E-state index contributed by atoms with van der Waals surface area (Å²) in [6.07, 6.45) is 1.77. The molecule has 0 radical (unpaired) electrons. The zero-order valence-electron chi connectivity index (χ0n) is 14.7. The van der Waals surface area contributed by atoms with E-state index in [1.165, 1.54) is 0 Å². The number of amides is 1. The van der Waals surface area contributed by atoms with Crippen molar-refractivity contribution in [3.05, 3.63) is 23.8 Å². The van der Waals surface area contributed by atoms with Gasteiger partial charge < -0.3 is 19.7 Å². The molecule has 2 rings (SSSR count). The fourth-order valence-electron chi connectivity index (χ4n) is 3.11. The number of rotatable bonds is 6. The van der Waals surface area contributed by atoms with E-state index in [-0.39, 0.29) is 17.8 Å². The number of ether oxygens (including phenoxy) is 2. The van der Waals surface area contributed by atoms with Gasteiger partial charge in [-0.05, 0) is 44.4 Å². The van der Waals surface area contributed by atoms with E-state index in [4.69, 9.17) is 9.47 Å². The number of methoxy groups -OCH3 is 1. The number of esters is 1. The summed E-state index contributed by atoms with van der Waals surface area (Å²) in [5.74, 6) is 0.330. The van der Waals surface area contributed by atoms with Crippen LogP contribution in [0.5, 0.6) is 5.75 Å². The summed E-state index contributed by atoms with van der Waals surface area (Å²) < 4.78 is 10.4. The molecule has 0 aliphatic carbocycles. The third-order valence-electron chi connectivity index (χ3n) is 4.28. The second kappa shape index (κ2) is 8.68. The summed E-state index contributed by atoms with van der Waals surface area (Å²) in [7, 11) is 1.58. The normalized spacial score (nSPS) is 20.3. The molecule has 132 valence electrons. The Morgan fingerprint density at radius 2 is 2.17 bits per heavy atom. The molecule has 0 bridgehead atoms. The number of quaternary nitrogens is 1.